The molecule has 124 valence electrons. The summed E-state index contributed by atoms with van der Waals surface area (Å²) in [6, 6.07) is 12.6. The first-order valence-electron chi connectivity index (χ1n) is 7.81. The van der Waals surface area contributed by atoms with Crippen LogP contribution in [-0.2, 0) is 17.8 Å². The van der Waals surface area contributed by atoms with Crippen LogP contribution in [0.1, 0.15) is 24.0 Å². The lowest BCUT2D eigenvalue weighted by molar-refractivity contribution is -0.384. The van der Waals surface area contributed by atoms with Crippen molar-refractivity contribution in [2.24, 2.45) is 0 Å². The van der Waals surface area contributed by atoms with Crippen LogP contribution in [0.4, 0.5) is 10.1 Å². The van der Waals surface area contributed by atoms with Crippen LogP contribution >= 0.6 is 0 Å². The molecule has 2 aromatic rings. The van der Waals surface area contributed by atoms with Crippen LogP contribution in [0.5, 0.6) is 0 Å². The molecule has 3 rings (SSSR count). The summed E-state index contributed by atoms with van der Waals surface area (Å²) in [5.74, 6) is -0.402. The fourth-order valence-corrected chi connectivity index (χ4v) is 2.63. The molecule has 0 bridgehead atoms. The Morgan fingerprint density at radius 3 is 2.42 bits per heavy atom. The molecule has 0 unspecified atom stereocenters. The minimum atomic E-state index is -0.472. The zero-order valence-corrected chi connectivity index (χ0v) is 13.0. The van der Waals surface area contributed by atoms with Crippen LogP contribution < -0.4 is 0 Å². The average molecular weight is 328 g/mol. The fourth-order valence-electron chi connectivity index (χ4n) is 2.63. The van der Waals surface area contributed by atoms with Crippen LogP contribution in [0.15, 0.2) is 48.5 Å². The maximum atomic E-state index is 13.8. The molecule has 5 nitrogen and oxygen atoms in total. The quantitative estimate of drug-likeness (QED) is 0.602. The second-order valence-electron chi connectivity index (χ2n) is 5.94. The van der Waals surface area contributed by atoms with Crippen molar-refractivity contribution in [2.45, 2.75) is 31.8 Å². The molecular weight excluding hydrogens is 311 g/mol. The standard InChI is InChI=1S/C18H17FN2O3/c19-17-4-2-1-3-14(17)12-20(15-9-10-15)18(22)11-13-5-7-16(8-6-13)21(23)24/h1-8,15H,9-12H2. The van der Waals surface area contributed by atoms with Gasteiger partial charge < -0.3 is 4.90 Å². The van der Waals surface area contributed by atoms with E-state index in [0.717, 1.165) is 12.8 Å². The van der Waals surface area contributed by atoms with Crippen LogP contribution in [0.25, 0.3) is 0 Å². The van der Waals surface area contributed by atoms with Crippen molar-refractivity contribution in [3.8, 4) is 0 Å². The highest BCUT2D eigenvalue weighted by Crippen LogP contribution is 2.29. The van der Waals surface area contributed by atoms with Gasteiger partial charge in [-0.05, 0) is 24.5 Å². The summed E-state index contributed by atoms with van der Waals surface area (Å²) < 4.78 is 13.8. The van der Waals surface area contributed by atoms with Gasteiger partial charge in [0.15, 0.2) is 0 Å². The lowest BCUT2D eigenvalue weighted by Gasteiger charge is -2.23. The number of carbonyl (C=O) groups excluding carboxylic acids is 1. The number of hydrogen-bond acceptors (Lipinski definition) is 3. The Morgan fingerprint density at radius 2 is 1.83 bits per heavy atom. The number of halogens is 1. The minimum absolute atomic E-state index is 0.00314. The third kappa shape index (κ3) is 3.76. The monoisotopic (exact) mass is 328 g/mol. The van der Waals surface area contributed by atoms with E-state index in [1.165, 1.54) is 18.2 Å². The van der Waals surface area contributed by atoms with Gasteiger partial charge in [-0.1, -0.05) is 30.3 Å². The van der Waals surface area contributed by atoms with Gasteiger partial charge in [0.25, 0.3) is 5.69 Å². The molecule has 1 fully saturated rings. The molecule has 0 heterocycles. The molecule has 0 atom stereocenters. The fraction of sp³-hybridized carbons (Fsp3) is 0.278. The van der Waals surface area contributed by atoms with E-state index in [4.69, 9.17) is 0 Å². The molecule has 0 aromatic heterocycles. The third-order valence-electron chi connectivity index (χ3n) is 4.11. The molecule has 0 saturated heterocycles. The molecule has 2 aromatic carbocycles. The number of nitro groups is 1. The summed E-state index contributed by atoms with van der Waals surface area (Å²) in [6.07, 6.45) is 2.02. The van der Waals surface area contributed by atoms with Gasteiger partial charge in [0.2, 0.25) is 5.91 Å². The number of carbonyl (C=O) groups is 1. The molecule has 0 aliphatic heterocycles. The first kappa shape index (κ1) is 16.1. The Labute approximate surface area is 138 Å². The smallest absolute Gasteiger partial charge is 0.269 e. The van der Waals surface area contributed by atoms with Crippen LogP contribution in [0, 0.1) is 15.9 Å². The van der Waals surface area contributed by atoms with Gasteiger partial charge in [0.05, 0.1) is 11.3 Å². The highest BCUT2D eigenvalue weighted by atomic mass is 19.1. The van der Waals surface area contributed by atoms with E-state index in [1.807, 2.05) is 0 Å². The molecule has 24 heavy (non-hydrogen) atoms. The van der Waals surface area contributed by atoms with Gasteiger partial charge in [-0.3, -0.25) is 14.9 Å². The Bertz CT molecular complexity index is 757. The Balaban J connectivity index is 1.71. The van der Waals surface area contributed by atoms with E-state index >= 15 is 0 Å². The van der Waals surface area contributed by atoms with E-state index in [1.54, 1.807) is 35.2 Å². The summed E-state index contributed by atoms with van der Waals surface area (Å²) >= 11 is 0. The lowest BCUT2D eigenvalue weighted by Crippen LogP contribution is -2.34. The second kappa shape index (κ2) is 6.78. The highest BCUT2D eigenvalue weighted by molar-refractivity contribution is 5.79. The Hall–Kier alpha value is -2.76. The summed E-state index contributed by atoms with van der Waals surface area (Å²) in [4.78, 5) is 24.5. The van der Waals surface area contributed by atoms with Gasteiger partial charge in [0, 0.05) is 30.3 Å². The maximum absolute atomic E-state index is 13.8. The number of amides is 1. The highest BCUT2D eigenvalue weighted by Gasteiger charge is 2.32. The van der Waals surface area contributed by atoms with Crippen molar-refractivity contribution in [3.05, 3.63) is 75.6 Å². The van der Waals surface area contributed by atoms with E-state index in [0.29, 0.717) is 11.1 Å². The van der Waals surface area contributed by atoms with Gasteiger partial charge in [0.1, 0.15) is 5.82 Å². The van der Waals surface area contributed by atoms with Crippen molar-refractivity contribution in [1.82, 2.24) is 4.90 Å². The number of benzene rings is 2. The van der Waals surface area contributed by atoms with Gasteiger partial charge in [-0.25, -0.2) is 4.39 Å². The molecule has 1 aliphatic carbocycles. The zero-order valence-electron chi connectivity index (χ0n) is 13.0. The predicted molar refractivity (Wildman–Crippen MR) is 86.8 cm³/mol. The second-order valence-corrected chi connectivity index (χ2v) is 5.94. The minimum Gasteiger partial charge on any atom is -0.335 e. The van der Waals surface area contributed by atoms with Crippen molar-refractivity contribution < 1.29 is 14.1 Å². The molecule has 1 aliphatic rings. The van der Waals surface area contributed by atoms with Gasteiger partial charge in [-0.15, -0.1) is 0 Å². The average Bonchev–Trinajstić information content (AvgIpc) is 3.39. The molecule has 0 spiro atoms. The van der Waals surface area contributed by atoms with Crippen LogP contribution in [0.2, 0.25) is 0 Å². The topological polar surface area (TPSA) is 63.4 Å². The van der Waals surface area contributed by atoms with Gasteiger partial charge >= 0.3 is 0 Å². The normalized spacial score (nSPS) is 13.5. The number of hydrogen-bond donors (Lipinski definition) is 0. The van der Waals surface area contributed by atoms with Crippen LogP contribution in [-0.4, -0.2) is 21.8 Å². The maximum Gasteiger partial charge on any atom is 0.269 e. The van der Waals surface area contributed by atoms with Crippen LogP contribution in [0.3, 0.4) is 0 Å². The van der Waals surface area contributed by atoms with E-state index < -0.39 is 4.92 Å². The van der Waals surface area contributed by atoms with Crippen molar-refractivity contribution in [2.75, 3.05) is 0 Å². The van der Waals surface area contributed by atoms with Gasteiger partial charge in [-0.2, -0.15) is 0 Å². The van der Waals surface area contributed by atoms with Crippen molar-refractivity contribution in [1.29, 1.82) is 0 Å². The summed E-state index contributed by atoms with van der Waals surface area (Å²) in [6.45, 7) is 0.253. The van der Waals surface area contributed by atoms with E-state index in [-0.39, 0.29) is 36.4 Å². The Morgan fingerprint density at radius 1 is 1.17 bits per heavy atom. The molecule has 1 saturated carbocycles. The summed E-state index contributed by atoms with van der Waals surface area (Å²) in [5.41, 5.74) is 1.21. The zero-order chi connectivity index (χ0) is 17.1. The first-order chi connectivity index (χ1) is 11.5. The molecular formula is C18H17FN2O3. The third-order valence-corrected chi connectivity index (χ3v) is 4.11. The first-order valence-corrected chi connectivity index (χ1v) is 7.81. The Kier molecular flexibility index (Phi) is 4.55. The van der Waals surface area contributed by atoms with E-state index in [9.17, 15) is 19.3 Å². The largest absolute Gasteiger partial charge is 0.335 e. The molecule has 6 heteroatoms. The number of nitro benzene ring substituents is 1. The predicted octanol–water partition coefficient (Wildman–Crippen LogP) is 3.47. The lowest BCUT2D eigenvalue weighted by atomic mass is 10.1. The number of rotatable bonds is 6. The molecule has 1 amide bonds. The molecule has 0 N–H and O–H groups in total. The number of non-ortho nitro benzene ring substituents is 1. The summed E-state index contributed by atoms with van der Waals surface area (Å²) in [5, 5.41) is 10.7. The van der Waals surface area contributed by atoms with Crippen molar-refractivity contribution in [3.63, 3.8) is 0 Å². The molecule has 0 radical (unpaired) electrons. The number of nitrogens with zero attached hydrogens (tertiary/aromatic N) is 2. The summed E-state index contributed by atoms with van der Waals surface area (Å²) in [7, 11) is 0. The van der Waals surface area contributed by atoms with Crippen molar-refractivity contribution >= 4 is 11.6 Å². The van der Waals surface area contributed by atoms with E-state index in [2.05, 4.69) is 0 Å². The SMILES string of the molecule is O=C(Cc1ccc([N+](=O)[O-])cc1)N(Cc1ccccc1F)C1CC1.